The van der Waals surface area contributed by atoms with Gasteiger partial charge in [0.25, 0.3) is 0 Å². The minimum Gasteiger partial charge on any atom is -0.299 e. The third-order valence-corrected chi connectivity index (χ3v) is 3.15. The van der Waals surface area contributed by atoms with E-state index in [1.165, 1.54) is 0 Å². The second kappa shape index (κ2) is 4.83. The van der Waals surface area contributed by atoms with Crippen LogP contribution in [0.25, 0.3) is 11.5 Å². The quantitative estimate of drug-likeness (QED) is 0.849. The Hall–Kier alpha value is -1.43. The molecule has 2 rings (SSSR count). The van der Waals surface area contributed by atoms with Gasteiger partial charge in [0.05, 0.1) is 0 Å². The lowest BCUT2D eigenvalue weighted by molar-refractivity contribution is 0.626. The molecule has 0 aromatic carbocycles. The molecule has 0 aliphatic rings. The van der Waals surface area contributed by atoms with Crippen molar-refractivity contribution in [3.63, 3.8) is 0 Å². The third-order valence-electron chi connectivity index (χ3n) is 2.84. The second-order valence-electron chi connectivity index (χ2n) is 4.15. The van der Waals surface area contributed by atoms with Crippen molar-refractivity contribution in [1.29, 1.82) is 0 Å². The van der Waals surface area contributed by atoms with Crippen molar-refractivity contribution < 1.29 is 0 Å². The predicted molar refractivity (Wildman–Crippen MR) is 69.3 cm³/mol. The van der Waals surface area contributed by atoms with Crippen LogP contribution in [-0.4, -0.2) is 24.5 Å². The van der Waals surface area contributed by atoms with Crippen molar-refractivity contribution >= 4 is 12.2 Å². The van der Waals surface area contributed by atoms with E-state index in [0.29, 0.717) is 4.77 Å². The van der Waals surface area contributed by atoms with Gasteiger partial charge >= 0.3 is 0 Å². The first-order valence-electron chi connectivity index (χ1n) is 5.79. The summed E-state index contributed by atoms with van der Waals surface area (Å²) in [4.78, 5) is 0. The zero-order valence-corrected chi connectivity index (χ0v) is 11.2. The standard InChI is InChI=1S/C11H17N5S/c1-4-5-6-16-10(12-13-11(16)17)9-7-8(2)15(3)14-9/h7H,4-6H2,1-3H3,(H,13,17). The normalized spacial score (nSPS) is 11.0. The molecule has 1 N–H and O–H groups in total. The number of nitrogens with zero attached hydrogens (tertiary/aromatic N) is 4. The summed E-state index contributed by atoms with van der Waals surface area (Å²) in [5.74, 6) is 0.826. The third kappa shape index (κ3) is 2.31. The summed E-state index contributed by atoms with van der Waals surface area (Å²) in [6, 6.07) is 2.02. The minimum atomic E-state index is 0.664. The van der Waals surface area contributed by atoms with E-state index in [-0.39, 0.29) is 0 Å². The lowest BCUT2D eigenvalue weighted by Crippen LogP contribution is -2.01. The van der Waals surface area contributed by atoms with Crippen molar-refractivity contribution in [2.24, 2.45) is 7.05 Å². The number of aromatic nitrogens is 5. The summed E-state index contributed by atoms with van der Waals surface area (Å²) in [5, 5.41) is 11.5. The van der Waals surface area contributed by atoms with Crippen molar-refractivity contribution in [1.82, 2.24) is 24.5 Å². The Bertz CT molecular complexity index is 543. The summed E-state index contributed by atoms with van der Waals surface area (Å²) >= 11 is 5.24. The Kier molecular flexibility index (Phi) is 3.42. The van der Waals surface area contributed by atoms with E-state index in [0.717, 1.165) is 36.6 Å². The Balaban J connectivity index is 2.41. The van der Waals surface area contributed by atoms with E-state index in [9.17, 15) is 0 Å². The maximum atomic E-state index is 5.24. The predicted octanol–water partition coefficient (Wildman–Crippen LogP) is 2.45. The lowest BCUT2D eigenvalue weighted by atomic mass is 10.3. The van der Waals surface area contributed by atoms with Crippen LogP contribution in [-0.2, 0) is 13.6 Å². The summed E-state index contributed by atoms with van der Waals surface area (Å²) in [6.45, 7) is 5.07. The molecule has 0 unspecified atom stereocenters. The maximum Gasteiger partial charge on any atom is 0.195 e. The topological polar surface area (TPSA) is 51.4 Å². The average molecular weight is 251 g/mol. The second-order valence-corrected chi connectivity index (χ2v) is 4.54. The van der Waals surface area contributed by atoms with E-state index in [4.69, 9.17) is 12.2 Å². The van der Waals surface area contributed by atoms with Gasteiger partial charge in [0.2, 0.25) is 0 Å². The Labute approximate surface area is 105 Å². The molecule has 5 nitrogen and oxygen atoms in total. The first-order chi connectivity index (χ1) is 8.13. The number of hydrogen-bond acceptors (Lipinski definition) is 3. The van der Waals surface area contributed by atoms with Crippen molar-refractivity contribution in [2.75, 3.05) is 0 Å². The van der Waals surface area contributed by atoms with E-state index < -0.39 is 0 Å². The van der Waals surface area contributed by atoms with Crippen LogP contribution >= 0.6 is 12.2 Å². The van der Waals surface area contributed by atoms with Crippen molar-refractivity contribution in [3.8, 4) is 11.5 Å². The summed E-state index contributed by atoms with van der Waals surface area (Å²) in [6.07, 6.45) is 2.22. The van der Waals surface area contributed by atoms with Crippen LogP contribution in [0.15, 0.2) is 6.07 Å². The van der Waals surface area contributed by atoms with Gasteiger partial charge in [-0.2, -0.15) is 10.2 Å². The molecule has 2 aromatic rings. The fraction of sp³-hybridized carbons (Fsp3) is 0.545. The highest BCUT2D eigenvalue weighted by atomic mass is 32.1. The number of rotatable bonds is 4. The number of aryl methyl sites for hydroxylation is 2. The zero-order valence-electron chi connectivity index (χ0n) is 10.4. The number of H-pyrrole nitrogens is 1. The fourth-order valence-electron chi connectivity index (χ4n) is 1.71. The van der Waals surface area contributed by atoms with Crippen LogP contribution in [0.2, 0.25) is 0 Å². The van der Waals surface area contributed by atoms with Crippen LogP contribution in [0.4, 0.5) is 0 Å². The maximum absolute atomic E-state index is 5.24. The van der Waals surface area contributed by atoms with Crippen LogP contribution in [0.1, 0.15) is 25.5 Å². The first kappa shape index (κ1) is 12.0. The smallest absolute Gasteiger partial charge is 0.195 e. The Morgan fingerprint density at radius 2 is 2.24 bits per heavy atom. The minimum absolute atomic E-state index is 0.664. The van der Waals surface area contributed by atoms with Gasteiger partial charge in [-0.15, -0.1) is 0 Å². The van der Waals surface area contributed by atoms with Gasteiger partial charge in [-0.05, 0) is 31.6 Å². The summed E-state index contributed by atoms with van der Waals surface area (Å²) in [7, 11) is 1.93. The van der Waals surface area contributed by atoms with Gasteiger partial charge in [-0.1, -0.05) is 13.3 Å². The molecule has 92 valence electrons. The van der Waals surface area contributed by atoms with Crippen LogP contribution in [0, 0.1) is 11.7 Å². The van der Waals surface area contributed by atoms with Crippen molar-refractivity contribution in [2.45, 2.75) is 33.2 Å². The number of unbranched alkanes of at least 4 members (excludes halogenated alkanes) is 1. The highest BCUT2D eigenvalue weighted by Crippen LogP contribution is 2.17. The van der Waals surface area contributed by atoms with Gasteiger partial charge in [-0.25, -0.2) is 0 Å². The average Bonchev–Trinajstić information content (AvgIpc) is 2.81. The zero-order chi connectivity index (χ0) is 12.4. The highest BCUT2D eigenvalue weighted by Gasteiger charge is 2.12. The summed E-state index contributed by atoms with van der Waals surface area (Å²) in [5.41, 5.74) is 1.98. The van der Waals surface area contributed by atoms with Gasteiger partial charge in [-0.3, -0.25) is 14.3 Å². The fourth-order valence-corrected chi connectivity index (χ4v) is 1.93. The van der Waals surface area contributed by atoms with E-state index in [2.05, 4.69) is 22.2 Å². The molecule has 0 spiro atoms. The van der Waals surface area contributed by atoms with Gasteiger partial charge in [0.1, 0.15) is 5.69 Å². The number of hydrogen-bond donors (Lipinski definition) is 1. The van der Waals surface area contributed by atoms with Gasteiger partial charge in [0.15, 0.2) is 10.6 Å². The first-order valence-corrected chi connectivity index (χ1v) is 6.20. The van der Waals surface area contributed by atoms with E-state index in [1.54, 1.807) is 0 Å². The molecule has 0 fully saturated rings. The molecular weight excluding hydrogens is 234 g/mol. The Morgan fingerprint density at radius 3 is 2.82 bits per heavy atom. The van der Waals surface area contributed by atoms with Gasteiger partial charge in [0, 0.05) is 19.3 Å². The van der Waals surface area contributed by atoms with E-state index in [1.807, 2.05) is 29.3 Å². The SMILES string of the molecule is CCCCn1c(-c2cc(C)n(C)n2)n[nH]c1=S. The molecule has 0 aliphatic heterocycles. The van der Waals surface area contributed by atoms with Crippen LogP contribution < -0.4 is 0 Å². The highest BCUT2D eigenvalue weighted by molar-refractivity contribution is 7.71. The van der Waals surface area contributed by atoms with Crippen molar-refractivity contribution in [3.05, 3.63) is 16.5 Å². The van der Waals surface area contributed by atoms with Crippen LogP contribution in [0.3, 0.4) is 0 Å². The number of nitrogens with one attached hydrogen (secondary N) is 1. The number of aromatic amines is 1. The monoisotopic (exact) mass is 251 g/mol. The molecule has 0 saturated heterocycles. The largest absolute Gasteiger partial charge is 0.299 e. The molecule has 0 aliphatic carbocycles. The van der Waals surface area contributed by atoms with Gasteiger partial charge < -0.3 is 0 Å². The molecule has 0 bridgehead atoms. The molecule has 6 heteroatoms. The molecule has 0 saturated carbocycles. The molecular formula is C11H17N5S. The molecule has 2 aromatic heterocycles. The molecule has 0 radical (unpaired) electrons. The molecule has 17 heavy (non-hydrogen) atoms. The molecule has 0 amide bonds. The molecule has 0 atom stereocenters. The summed E-state index contributed by atoms with van der Waals surface area (Å²) < 4.78 is 4.52. The Morgan fingerprint density at radius 1 is 1.47 bits per heavy atom. The molecule has 2 heterocycles. The van der Waals surface area contributed by atoms with Crippen LogP contribution in [0.5, 0.6) is 0 Å². The lowest BCUT2D eigenvalue weighted by Gasteiger charge is -2.03. The van der Waals surface area contributed by atoms with E-state index >= 15 is 0 Å².